The number of allylic oxidation sites excluding steroid dienone is 4. The van der Waals surface area contributed by atoms with Gasteiger partial charge in [0.25, 0.3) is 0 Å². The number of furan rings is 1. The third kappa shape index (κ3) is 6.31. The summed E-state index contributed by atoms with van der Waals surface area (Å²) in [5.74, 6) is 0.441. The van der Waals surface area contributed by atoms with Crippen LogP contribution in [0.2, 0.25) is 0 Å². The third-order valence-electron chi connectivity index (χ3n) is 15.7. The molecular formula is C67H55NO. The van der Waals surface area contributed by atoms with E-state index in [2.05, 4.69) is 259 Å². The third-order valence-corrected chi connectivity index (χ3v) is 15.7. The average Bonchev–Trinajstić information content (AvgIpc) is 4.00. The topological polar surface area (TPSA) is 16.4 Å². The fourth-order valence-electron chi connectivity index (χ4n) is 12.2. The van der Waals surface area contributed by atoms with E-state index in [1.807, 2.05) is 0 Å². The molecule has 1 aromatic heterocycles. The van der Waals surface area contributed by atoms with E-state index in [9.17, 15) is 0 Å². The van der Waals surface area contributed by atoms with Crippen molar-refractivity contribution in [3.63, 3.8) is 0 Å². The molecule has 0 fully saturated rings. The summed E-state index contributed by atoms with van der Waals surface area (Å²) in [6.07, 6.45) is 7.61. The van der Waals surface area contributed by atoms with Gasteiger partial charge in [0.15, 0.2) is 0 Å². The molecule has 9 aromatic carbocycles. The van der Waals surface area contributed by atoms with Crippen molar-refractivity contribution in [3.8, 4) is 33.4 Å². The molecule has 0 radical (unpaired) electrons. The van der Waals surface area contributed by atoms with Crippen LogP contribution in [-0.4, -0.2) is 0 Å². The van der Waals surface area contributed by atoms with Crippen molar-refractivity contribution in [3.05, 3.63) is 246 Å². The second-order valence-electron chi connectivity index (χ2n) is 21.7. The number of anilines is 3. The zero-order valence-electron chi connectivity index (χ0n) is 40.2. The van der Waals surface area contributed by atoms with Gasteiger partial charge in [0.2, 0.25) is 0 Å². The minimum Gasteiger partial charge on any atom is -0.455 e. The Bertz CT molecular complexity index is 3760. The molecule has 13 rings (SSSR count). The minimum atomic E-state index is -0.412. The van der Waals surface area contributed by atoms with E-state index < -0.39 is 5.41 Å². The maximum absolute atomic E-state index is 6.63. The maximum atomic E-state index is 6.63. The fourth-order valence-corrected chi connectivity index (χ4v) is 12.2. The molecule has 2 heteroatoms. The Hall–Kier alpha value is -7.68. The molecule has 1 spiro atoms. The highest BCUT2D eigenvalue weighted by atomic mass is 16.3. The Morgan fingerprint density at radius 2 is 1.17 bits per heavy atom. The van der Waals surface area contributed by atoms with Crippen LogP contribution in [0.3, 0.4) is 0 Å². The average molecular weight is 890 g/mol. The molecular weight excluding hydrogens is 835 g/mol. The first kappa shape index (κ1) is 41.5. The highest BCUT2D eigenvalue weighted by Gasteiger charge is 2.58. The summed E-state index contributed by atoms with van der Waals surface area (Å²) in [5.41, 5.74) is 20.5. The van der Waals surface area contributed by atoms with Gasteiger partial charge in [-0.1, -0.05) is 205 Å². The molecule has 69 heavy (non-hydrogen) atoms. The number of fused-ring (bicyclic) bond motifs is 15. The Kier molecular flexibility index (Phi) is 9.12. The van der Waals surface area contributed by atoms with Gasteiger partial charge in [-0.25, -0.2) is 0 Å². The van der Waals surface area contributed by atoms with Crippen molar-refractivity contribution in [2.75, 3.05) is 4.90 Å². The first-order valence-electron chi connectivity index (χ1n) is 24.7. The van der Waals surface area contributed by atoms with E-state index in [0.29, 0.717) is 0 Å². The van der Waals surface area contributed by atoms with Crippen LogP contribution >= 0.6 is 0 Å². The smallest absolute Gasteiger partial charge is 0.143 e. The van der Waals surface area contributed by atoms with Crippen LogP contribution in [0, 0.1) is 11.3 Å². The van der Waals surface area contributed by atoms with E-state index in [1.54, 1.807) is 0 Å². The summed E-state index contributed by atoms with van der Waals surface area (Å²) in [6.45, 7) is 14.1. The largest absolute Gasteiger partial charge is 0.455 e. The zero-order valence-corrected chi connectivity index (χ0v) is 40.2. The van der Waals surface area contributed by atoms with Gasteiger partial charge >= 0.3 is 0 Å². The van der Waals surface area contributed by atoms with Gasteiger partial charge in [-0.05, 0) is 126 Å². The van der Waals surface area contributed by atoms with Crippen LogP contribution in [0.4, 0.5) is 17.1 Å². The maximum Gasteiger partial charge on any atom is 0.143 e. The summed E-state index contributed by atoms with van der Waals surface area (Å²) < 4.78 is 6.63. The number of hydrogen-bond donors (Lipinski definition) is 0. The first-order valence-corrected chi connectivity index (χ1v) is 24.7. The minimum absolute atomic E-state index is 0.00275. The molecule has 0 aliphatic heterocycles. The van der Waals surface area contributed by atoms with E-state index >= 15 is 0 Å². The van der Waals surface area contributed by atoms with Crippen LogP contribution in [0.15, 0.2) is 222 Å². The van der Waals surface area contributed by atoms with Crippen LogP contribution in [0.25, 0.3) is 66.1 Å². The second kappa shape index (κ2) is 15.2. The van der Waals surface area contributed by atoms with Gasteiger partial charge in [0, 0.05) is 44.9 Å². The van der Waals surface area contributed by atoms with Crippen molar-refractivity contribution in [1.82, 2.24) is 0 Å². The normalized spacial score (nSPS) is 18.1. The number of para-hydroxylation sites is 1. The van der Waals surface area contributed by atoms with Crippen molar-refractivity contribution in [2.24, 2.45) is 11.3 Å². The SMILES string of the molecule is CC(C)(C)C1=CC2C(C=C1)c1ccc(C(C)(C)C)cc1C21c2ccccc2-c2ccc(N(c3ccc(-c4ccccc4)cc3)c3ccccc3-c3ccc4oc5c6ccccc6ccc5c4c3)cc21. The van der Waals surface area contributed by atoms with Crippen molar-refractivity contribution in [1.29, 1.82) is 0 Å². The van der Waals surface area contributed by atoms with E-state index in [4.69, 9.17) is 4.42 Å². The first-order chi connectivity index (χ1) is 33.5. The molecule has 0 bridgehead atoms. The molecule has 0 saturated carbocycles. The second-order valence-corrected chi connectivity index (χ2v) is 21.7. The Morgan fingerprint density at radius 1 is 0.478 bits per heavy atom. The zero-order chi connectivity index (χ0) is 46.8. The molecule has 0 saturated heterocycles. The van der Waals surface area contributed by atoms with Gasteiger partial charge in [-0.15, -0.1) is 0 Å². The lowest BCUT2D eigenvalue weighted by molar-refractivity contribution is 0.439. The standard InChI is InChI=1S/C67H55NO/c1-65(2,3)46-28-34-53-54-35-29-47(66(4,5)6)40-60(54)67(59(53)39-46)58-22-14-12-21-52(58)55-36-32-49(41-61(55)67)68(48-30-24-43(25-31-48)42-16-8-7-9-17-42)62-23-15-13-19-50(62)45-27-37-63-57(38-45)56-33-26-44-18-10-11-20-51(44)64(56)69-63/h7-41,53,59H,1-6H3. The van der Waals surface area contributed by atoms with E-state index in [1.165, 1.54) is 61.0 Å². The number of nitrogens with zero attached hydrogens (tertiary/aromatic N) is 1. The number of benzene rings is 9. The monoisotopic (exact) mass is 889 g/mol. The molecule has 10 aromatic rings. The summed E-state index contributed by atoms with van der Waals surface area (Å²) in [5, 5.41) is 4.56. The molecule has 334 valence electrons. The van der Waals surface area contributed by atoms with Crippen molar-refractivity contribution < 1.29 is 4.42 Å². The lowest BCUT2D eigenvalue weighted by Crippen LogP contribution is -2.34. The van der Waals surface area contributed by atoms with Crippen LogP contribution in [-0.2, 0) is 10.8 Å². The number of hydrogen-bond acceptors (Lipinski definition) is 2. The van der Waals surface area contributed by atoms with Crippen LogP contribution < -0.4 is 4.90 Å². The van der Waals surface area contributed by atoms with Crippen molar-refractivity contribution >= 4 is 49.8 Å². The molecule has 0 N–H and O–H groups in total. The van der Waals surface area contributed by atoms with Gasteiger partial charge in [0.1, 0.15) is 11.2 Å². The van der Waals surface area contributed by atoms with Crippen LogP contribution in [0.1, 0.15) is 75.3 Å². The summed E-state index contributed by atoms with van der Waals surface area (Å²) >= 11 is 0. The molecule has 3 aliphatic carbocycles. The molecule has 2 nitrogen and oxygen atoms in total. The summed E-state index contributed by atoms with van der Waals surface area (Å²) in [7, 11) is 0. The number of rotatable bonds is 5. The van der Waals surface area contributed by atoms with E-state index in [0.717, 1.165) is 55.5 Å². The molecule has 3 atom stereocenters. The van der Waals surface area contributed by atoms with Gasteiger partial charge < -0.3 is 9.32 Å². The van der Waals surface area contributed by atoms with Gasteiger partial charge in [0.05, 0.1) is 11.1 Å². The fraction of sp³-hybridized carbons (Fsp3) is 0.164. The molecule has 3 aliphatic rings. The predicted molar refractivity (Wildman–Crippen MR) is 290 cm³/mol. The Labute approximate surface area is 405 Å². The molecule has 0 amide bonds. The predicted octanol–water partition coefficient (Wildman–Crippen LogP) is 18.4. The summed E-state index contributed by atoms with van der Waals surface area (Å²) in [6, 6.07) is 72.5. The highest BCUT2D eigenvalue weighted by Crippen LogP contribution is 2.67. The van der Waals surface area contributed by atoms with Crippen LogP contribution in [0.5, 0.6) is 0 Å². The quantitative estimate of drug-likeness (QED) is 0.171. The van der Waals surface area contributed by atoms with Crippen molar-refractivity contribution in [2.45, 2.75) is 58.3 Å². The molecule has 3 unspecified atom stereocenters. The Balaban J connectivity index is 1.05. The Morgan fingerprint density at radius 3 is 1.99 bits per heavy atom. The van der Waals surface area contributed by atoms with Gasteiger partial charge in [-0.3, -0.25) is 0 Å². The summed E-state index contributed by atoms with van der Waals surface area (Å²) in [4.78, 5) is 2.50. The highest BCUT2D eigenvalue weighted by molar-refractivity contribution is 6.15. The lowest BCUT2D eigenvalue weighted by atomic mass is 9.63. The van der Waals surface area contributed by atoms with Gasteiger partial charge in [-0.2, -0.15) is 0 Å². The lowest BCUT2D eigenvalue weighted by Gasteiger charge is -2.39. The molecule has 1 heterocycles. The van der Waals surface area contributed by atoms with E-state index in [-0.39, 0.29) is 22.7 Å².